The highest BCUT2D eigenvalue weighted by molar-refractivity contribution is 7.19. The fourth-order valence-electron chi connectivity index (χ4n) is 9.61. The Morgan fingerprint density at radius 3 is 1.38 bits per heavy atom. The predicted molar refractivity (Wildman–Crippen MR) is 244 cm³/mol. The van der Waals surface area contributed by atoms with Gasteiger partial charge in [0.2, 0.25) is 8.07 Å². The number of furan rings is 1. The van der Waals surface area contributed by atoms with Gasteiger partial charge in [0.1, 0.15) is 17.0 Å². The lowest BCUT2D eigenvalue weighted by Crippen LogP contribution is -2.75. The first-order chi connectivity index (χ1) is 28.8. The minimum Gasteiger partial charge on any atom is -0.456 e. The van der Waals surface area contributed by atoms with Crippen LogP contribution in [0.1, 0.15) is 0 Å². The molecule has 4 aromatic heterocycles. The summed E-state index contributed by atoms with van der Waals surface area (Å²) in [6, 6.07) is 76.7. The quantitative estimate of drug-likeness (QED) is 0.125. The van der Waals surface area contributed by atoms with Gasteiger partial charge in [0.25, 0.3) is 0 Å². The van der Waals surface area contributed by atoms with E-state index < -0.39 is 8.07 Å². The zero-order valence-corrected chi connectivity index (χ0v) is 32.5. The number of benzene rings is 8. The number of para-hydroxylation sites is 4. The molecule has 0 amide bonds. The highest BCUT2D eigenvalue weighted by Crippen LogP contribution is 2.39. The second kappa shape index (κ2) is 12.8. The fourth-order valence-corrected chi connectivity index (χ4v) is 14.2. The molecule has 12 rings (SSSR count). The van der Waals surface area contributed by atoms with Crippen LogP contribution in [0.25, 0.3) is 77.1 Å². The Labute approximate surface area is 335 Å². The molecular formula is C53H35N3OSi. The van der Waals surface area contributed by atoms with E-state index in [-0.39, 0.29) is 0 Å². The van der Waals surface area contributed by atoms with Crippen LogP contribution in [0.3, 0.4) is 0 Å². The van der Waals surface area contributed by atoms with Crippen molar-refractivity contribution >= 4 is 94.5 Å². The normalized spacial score (nSPS) is 12.1. The van der Waals surface area contributed by atoms with Crippen LogP contribution in [-0.2, 0) is 0 Å². The van der Waals surface area contributed by atoms with Crippen molar-refractivity contribution in [1.29, 1.82) is 0 Å². The van der Waals surface area contributed by atoms with Crippen LogP contribution in [0.5, 0.6) is 0 Å². The fraction of sp³-hybridized carbons (Fsp3) is 0. The number of fused-ring (bicyclic) bond motifs is 9. The summed E-state index contributed by atoms with van der Waals surface area (Å²) >= 11 is 0. The van der Waals surface area contributed by atoms with Crippen LogP contribution >= 0.6 is 0 Å². The standard InChI is InChI=1S/C53H35N3OSi/c1-4-18-37(19-5-1)58(38-20-6-2-7-21-38,39-22-8-3-9-23-39)51-35-50-52(43-27-13-17-31-49(43)57-50)53(54-51)56-47-30-16-12-26-42(47)44-34-36(32-33-48(44)56)55-45-28-14-10-24-40(45)41-25-11-15-29-46(41)55/h1-35H. The van der Waals surface area contributed by atoms with Crippen LogP contribution in [0.4, 0.5) is 0 Å². The molecule has 12 aromatic rings. The van der Waals surface area contributed by atoms with Gasteiger partial charge >= 0.3 is 0 Å². The second-order valence-electron chi connectivity index (χ2n) is 15.1. The zero-order chi connectivity index (χ0) is 38.2. The Balaban J connectivity index is 1.21. The molecule has 0 bridgehead atoms. The van der Waals surface area contributed by atoms with Gasteiger partial charge in [-0.15, -0.1) is 0 Å². The van der Waals surface area contributed by atoms with Gasteiger partial charge in [-0.3, -0.25) is 4.57 Å². The summed E-state index contributed by atoms with van der Waals surface area (Å²) in [6.07, 6.45) is 0. The van der Waals surface area contributed by atoms with Crippen molar-refractivity contribution in [3.8, 4) is 11.5 Å². The van der Waals surface area contributed by atoms with Gasteiger partial charge in [0, 0.05) is 37.9 Å². The number of nitrogens with zero attached hydrogens (tertiary/aromatic N) is 3. The minimum absolute atomic E-state index is 0.828. The topological polar surface area (TPSA) is 35.9 Å². The molecule has 0 radical (unpaired) electrons. The molecule has 0 atom stereocenters. The first-order valence-electron chi connectivity index (χ1n) is 19.8. The van der Waals surface area contributed by atoms with Crippen LogP contribution in [0, 0.1) is 0 Å². The van der Waals surface area contributed by atoms with E-state index in [0.29, 0.717) is 0 Å². The molecule has 4 nitrogen and oxygen atoms in total. The molecule has 58 heavy (non-hydrogen) atoms. The van der Waals surface area contributed by atoms with Crippen molar-refractivity contribution in [2.24, 2.45) is 0 Å². The van der Waals surface area contributed by atoms with Crippen molar-refractivity contribution in [2.75, 3.05) is 0 Å². The lowest BCUT2D eigenvalue weighted by atomic mass is 10.1. The highest BCUT2D eigenvalue weighted by atomic mass is 28.3. The van der Waals surface area contributed by atoms with Crippen LogP contribution in [0.15, 0.2) is 217 Å². The lowest BCUT2D eigenvalue weighted by molar-refractivity contribution is 0.668. The van der Waals surface area contributed by atoms with E-state index in [1.54, 1.807) is 0 Å². The highest BCUT2D eigenvalue weighted by Gasteiger charge is 2.44. The van der Waals surface area contributed by atoms with E-state index in [4.69, 9.17) is 9.40 Å². The maximum atomic E-state index is 6.87. The van der Waals surface area contributed by atoms with Gasteiger partial charge in [0.15, 0.2) is 0 Å². The third-order valence-electron chi connectivity index (χ3n) is 12.1. The van der Waals surface area contributed by atoms with Crippen molar-refractivity contribution in [3.63, 3.8) is 0 Å². The Kier molecular flexibility index (Phi) is 7.21. The summed E-state index contributed by atoms with van der Waals surface area (Å²) in [6.45, 7) is 0. The average molecular weight is 758 g/mol. The van der Waals surface area contributed by atoms with E-state index in [9.17, 15) is 0 Å². The molecule has 0 unspecified atom stereocenters. The second-order valence-corrected chi connectivity index (χ2v) is 18.8. The molecule has 0 N–H and O–H groups in total. The van der Waals surface area contributed by atoms with Crippen molar-refractivity contribution in [1.82, 2.24) is 14.1 Å². The van der Waals surface area contributed by atoms with Crippen molar-refractivity contribution in [2.45, 2.75) is 0 Å². The maximum absolute atomic E-state index is 6.87. The number of hydrogen-bond acceptors (Lipinski definition) is 2. The van der Waals surface area contributed by atoms with Crippen LogP contribution < -0.4 is 20.9 Å². The summed E-state index contributed by atoms with van der Waals surface area (Å²) < 4.78 is 11.7. The summed E-state index contributed by atoms with van der Waals surface area (Å²) in [5.41, 5.74) is 7.37. The summed E-state index contributed by atoms with van der Waals surface area (Å²) in [5.74, 6) is 0.868. The van der Waals surface area contributed by atoms with Crippen molar-refractivity contribution < 1.29 is 4.42 Å². The first kappa shape index (κ1) is 32.7. The van der Waals surface area contributed by atoms with Crippen molar-refractivity contribution in [3.05, 3.63) is 212 Å². The Hall–Kier alpha value is -7.47. The molecular weight excluding hydrogens is 723 g/mol. The van der Waals surface area contributed by atoms with Gasteiger partial charge in [-0.05, 0) is 64.1 Å². The molecule has 0 saturated heterocycles. The van der Waals surface area contributed by atoms with E-state index in [0.717, 1.165) is 49.8 Å². The van der Waals surface area contributed by atoms with E-state index in [2.05, 4.69) is 215 Å². The third kappa shape index (κ3) is 4.65. The van der Waals surface area contributed by atoms with Crippen LogP contribution in [-0.4, -0.2) is 22.2 Å². The molecule has 272 valence electrons. The maximum Gasteiger partial charge on any atom is 0.202 e. The van der Waals surface area contributed by atoms with Crippen LogP contribution in [0.2, 0.25) is 0 Å². The first-order valence-corrected chi connectivity index (χ1v) is 21.8. The Morgan fingerprint density at radius 1 is 0.362 bits per heavy atom. The van der Waals surface area contributed by atoms with Gasteiger partial charge in [-0.1, -0.05) is 164 Å². The molecule has 5 heteroatoms. The lowest BCUT2D eigenvalue weighted by Gasteiger charge is -2.33. The number of pyridine rings is 1. The van der Waals surface area contributed by atoms with Gasteiger partial charge in [-0.2, -0.15) is 0 Å². The molecule has 0 aliphatic heterocycles. The molecule has 0 spiro atoms. The SMILES string of the molecule is c1ccc([Si](c2ccccc2)(c2ccccc2)c2cc3oc4ccccc4c3c(-n3c4ccccc4c4cc(-n5c6ccccc6c6ccccc65)ccc43)n2)cc1. The van der Waals surface area contributed by atoms with E-state index in [1.807, 2.05) is 6.07 Å². The Bertz CT molecular complexity index is 3360. The third-order valence-corrected chi connectivity index (χ3v) is 16.7. The van der Waals surface area contributed by atoms with E-state index >= 15 is 0 Å². The smallest absolute Gasteiger partial charge is 0.202 e. The number of aromatic nitrogens is 3. The summed E-state index contributed by atoms with van der Waals surface area (Å²) in [7, 11) is -3.03. The monoisotopic (exact) mass is 757 g/mol. The van der Waals surface area contributed by atoms with Gasteiger partial charge in [0.05, 0.1) is 27.5 Å². The molecule has 4 heterocycles. The predicted octanol–water partition coefficient (Wildman–Crippen LogP) is 10.6. The molecule has 0 aliphatic rings. The van der Waals surface area contributed by atoms with E-state index in [1.165, 1.54) is 48.1 Å². The van der Waals surface area contributed by atoms with Gasteiger partial charge < -0.3 is 8.98 Å². The number of rotatable bonds is 6. The molecule has 0 fully saturated rings. The zero-order valence-electron chi connectivity index (χ0n) is 31.5. The minimum atomic E-state index is -3.03. The summed E-state index contributed by atoms with van der Waals surface area (Å²) in [4.78, 5) is 5.98. The molecule has 0 aliphatic carbocycles. The largest absolute Gasteiger partial charge is 0.456 e. The average Bonchev–Trinajstić information content (AvgIpc) is 3.95. The Morgan fingerprint density at radius 2 is 0.810 bits per heavy atom. The molecule has 8 aromatic carbocycles. The number of hydrogen-bond donors (Lipinski definition) is 0. The summed E-state index contributed by atoms with van der Waals surface area (Å²) in [5, 5.41) is 11.7. The molecule has 0 saturated carbocycles. The van der Waals surface area contributed by atoms with Gasteiger partial charge in [-0.25, -0.2) is 4.98 Å².